The summed E-state index contributed by atoms with van der Waals surface area (Å²) in [6.45, 7) is 0. The van der Waals surface area contributed by atoms with E-state index in [0.717, 1.165) is 24.2 Å². The lowest BCUT2D eigenvalue weighted by atomic mass is 9.99. The van der Waals surface area contributed by atoms with Gasteiger partial charge in [0.15, 0.2) is 0 Å². The van der Waals surface area contributed by atoms with Crippen LogP contribution in [0.25, 0.3) is 0 Å². The maximum absolute atomic E-state index is 9.43. The van der Waals surface area contributed by atoms with Crippen LogP contribution >= 0.6 is 23.5 Å². The fourth-order valence-electron chi connectivity index (χ4n) is 2.18. The smallest absolute Gasteiger partial charge is 0.207 e. The first-order valence-electron chi connectivity index (χ1n) is 5.82. The Kier molecular flexibility index (Phi) is 4.59. The van der Waals surface area contributed by atoms with Crippen molar-refractivity contribution in [1.29, 1.82) is 0 Å². The van der Waals surface area contributed by atoms with Crippen LogP contribution in [0.2, 0.25) is 0 Å². The number of ether oxygens (including phenoxy) is 1. The molecule has 5 heteroatoms. The number of oxime groups is 1. The molecule has 0 aliphatic carbocycles. The molecule has 0 aromatic heterocycles. The quantitative estimate of drug-likeness (QED) is 0.514. The van der Waals surface area contributed by atoms with Gasteiger partial charge < -0.3 is 9.94 Å². The number of aryl methyl sites for hydroxylation is 1. The van der Waals surface area contributed by atoms with Gasteiger partial charge in [-0.3, -0.25) is 0 Å². The maximum Gasteiger partial charge on any atom is 0.207 e. The molecule has 1 N–H and O–H groups in total. The Bertz CT molecular complexity index is 444. The molecule has 0 saturated heterocycles. The summed E-state index contributed by atoms with van der Waals surface area (Å²) in [5.74, 6) is 0.988. The minimum absolute atomic E-state index is 0.609. The molecule has 18 heavy (non-hydrogen) atoms. The van der Waals surface area contributed by atoms with Crippen molar-refractivity contribution in [3.05, 3.63) is 35.4 Å². The average Bonchev–Trinajstić information content (AvgIpc) is 2.41. The molecule has 1 unspecified atom stereocenters. The van der Waals surface area contributed by atoms with E-state index in [-0.39, 0.29) is 0 Å². The van der Waals surface area contributed by atoms with E-state index in [2.05, 4.69) is 11.2 Å². The standard InChI is InChI=1S/C13H17NO2S2/c1-16-13(17-2)12(14-15)11-8-4-3-6-10(11)7-5-9-18-13/h3-4,6,8,15H,5,7,9H2,1-2H3. The molecule has 0 spiro atoms. The number of hydrogen-bond donors (Lipinski definition) is 1. The molecule has 1 aromatic carbocycles. The summed E-state index contributed by atoms with van der Waals surface area (Å²) in [6, 6.07) is 8.09. The SMILES string of the molecule is COC1(SC)SCCCc2ccccc2C1=NO. The third-order valence-electron chi connectivity index (χ3n) is 3.08. The van der Waals surface area contributed by atoms with E-state index in [1.165, 1.54) is 5.56 Å². The van der Waals surface area contributed by atoms with Gasteiger partial charge in [0.25, 0.3) is 0 Å². The zero-order valence-electron chi connectivity index (χ0n) is 10.5. The molecule has 0 fully saturated rings. The number of thioether (sulfide) groups is 2. The second-order valence-electron chi connectivity index (χ2n) is 4.02. The highest BCUT2D eigenvalue weighted by atomic mass is 32.2. The van der Waals surface area contributed by atoms with Crippen molar-refractivity contribution in [2.45, 2.75) is 17.1 Å². The van der Waals surface area contributed by atoms with Crippen LogP contribution in [0.15, 0.2) is 29.4 Å². The van der Waals surface area contributed by atoms with Gasteiger partial charge in [0.2, 0.25) is 4.27 Å². The zero-order chi connectivity index (χ0) is 13.0. The van der Waals surface area contributed by atoms with Crippen molar-refractivity contribution in [3.8, 4) is 0 Å². The Morgan fingerprint density at radius 1 is 1.44 bits per heavy atom. The lowest BCUT2D eigenvalue weighted by molar-refractivity contribution is 0.191. The topological polar surface area (TPSA) is 41.8 Å². The predicted octanol–water partition coefficient (Wildman–Crippen LogP) is 3.21. The van der Waals surface area contributed by atoms with Crippen LogP contribution in [0.3, 0.4) is 0 Å². The van der Waals surface area contributed by atoms with Crippen LogP contribution in [0.1, 0.15) is 17.5 Å². The molecule has 0 amide bonds. The van der Waals surface area contributed by atoms with E-state index in [1.807, 2.05) is 24.5 Å². The third kappa shape index (κ3) is 2.39. The molecular formula is C13H17NO2S2. The van der Waals surface area contributed by atoms with Crippen molar-refractivity contribution in [1.82, 2.24) is 0 Å². The van der Waals surface area contributed by atoms with Crippen LogP contribution < -0.4 is 0 Å². The van der Waals surface area contributed by atoms with Gasteiger partial charge in [0, 0.05) is 12.7 Å². The number of fused-ring (bicyclic) bond motifs is 1. The van der Waals surface area contributed by atoms with Crippen LogP contribution in [0.4, 0.5) is 0 Å². The summed E-state index contributed by atoms with van der Waals surface area (Å²) in [6.07, 6.45) is 4.09. The first-order chi connectivity index (χ1) is 8.77. The summed E-state index contributed by atoms with van der Waals surface area (Å²) < 4.78 is 5.04. The fourth-order valence-corrected chi connectivity index (χ4v) is 4.38. The molecular weight excluding hydrogens is 266 g/mol. The molecule has 1 heterocycles. The van der Waals surface area contributed by atoms with Gasteiger partial charge in [-0.25, -0.2) is 0 Å². The highest BCUT2D eigenvalue weighted by Crippen LogP contribution is 2.42. The Morgan fingerprint density at radius 2 is 2.22 bits per heavy atom. The van der Waals surface area contributed by atoms with Gasteiger partial charge in [0.1, 0.15) is 5.71 Å². The van der Waals surface area contributed by atoms with Gasteiger partial charge in [-0.15, -0.1) is 23.5 Å². The van der Waals surface area contributed by atoms with E-state index in [0.29, 0.717) is 5.71 Å². The predicted molar refractivity (Wildman–Crippen MR) is 78.8 cm³/mol. The second kappa shape index (κ2) is 5.99. The molecule has 0 radical (unpaired) electrons. The number of nitrogens with zero attached hydrogens (tertiary/aromatic N) is 1. The van der Waals surface area contributed by atoms with Crippen molar-refractivity contribution in [2.75, 3.05) is 19.1 Å². The minimum atomic E-state index is -0.620. The van der Waals surface area contributed by atoms with Gasteiger partial charge in [-0.05, 0) is 30.4 Å². The number of benzene rings is 1. The average molecular weight is 283 g/mol. The minimum Gasteiger partial charge on any atom is -0.410 e. The number of methoxy groups -OCH3 is 1. The summed E-state index contributed by atoms with van der Waals surface area (Å²) in [5.41, 5.74) is 2.82. The van der Waals surface area contributed by atoms with E-state index in [4.69, 9.17) is 4.74 Å². The van der Waals surface area contributed by atoms with Crippen molar-refractivity contribution >= 4 is 29.2 Å². The molecule has 1 atom stereocenters. The molecule has 3 nitrogen and oxygen atoms in total. The number of rotatable bonds is 2. The van der Waals surface area contributed by atoms with Crippen LogP contribution in [-0.4, -0.2) is 34.3 Å². The van der Waals surface area contributed by atoms with Gasteiger partial charge in [-0.1, -0.05) is 29.4 Å². The highest BCUT2D eigenvalue weighted by Gasteiger charge is 2.39. The Labute approximate surface area is 116 Å². The summed E-state index contributed by atoms with van der Waals surface area (Å²) in [5, 5.41) is 13.0. The molecule has 0 bridgehead atoms. The first kappa shape index (κ1) is 13.8. The first-order valence-corrected chi connectivity index (χ1v) is 8.03. The largest absolute Gasteiger partial charge is 0.410 e. The normalized spacial score (nSPS) is 26.4. The van der Waals surface area contributed by atoms with Crippen LogP contribution in [0, 0.1) is 0 Å². The number of hydrogen-bond acceptors (Lipinski definition) is 5. The monoisotopic (exact) mass is 283 g/mol. The van der Waals surface area contributed by atoms with E-state index < -0.39 is 4.27 Å². The summed E-state index contributed by atoms with van der Waals surface area (Å²) in [7, 11) is 1.67. The van der Waals surface area contributed by atoms with Crippen molar-refractivity contribution in [3.63, 3.8) is 0 Å². The van der Waals surface area contributed by atoms with E-state index in [9.17, 15) is 5.21 Å². The van der Waals surface area contributed by atoms with E-state index >= 15 is 0 Å². The maximum atomic E-state index is 9.43. The summed E-state index contributed by atoms with van der Waals surface area (Å²) in [4.78, 5) is 0. The van der Waals surface area contributed by atoms with Gasteiger partial charge in [0.05, 0.1) is 0 Å². The van der Waals surface area contributed by atoms with E-state index in [1.54, 1.807) is 30.6 Å². The van der Waals surface area contributed by atoms with Crippen LogP contribution in [-0.2, 0) is 11.2 Å². The Balaban J connectivity index is 2.56. The second-order valence-corrected chi connectivity index (χ2v) is 6.54. The fraction of sp³-hybridized carbons (Fsp3) is 0.462. The Morgan fingerprint density at radius 3 is 2.89 bits per heavy atom. The lowest BCUT2D eigenvalue weighted by Gasteiger charge is -2.32. The Hall–Kier alpha value is -0.650. The molecule has 0 saturated carbocycles. The third-order valence-corrected chi connectivity index (χ3v) is 6.07. The molecule has 1 aliphatic rings. The lowest BCUT2D eigenvalue weighted by Crippen LogP contribution is -2.36. The zero-order valence-corrected chi connectivity index (χ0v) is 12.2. The highest BCUT2D eigenvalue weighted by molar-refractivity contribution is 8.18. The molecule has 98 valence electrons. The van der Waals surface area contributed by atoms with Gasteiger partial charge in [-0.2, -0.15) is 0 Å². The van der Waals surface area contributed by atoms with Gasteiger partial charge >= 0.3 is 0 Å². The summed E-state index contributed by atoms with van der Waals surface area (Å²) >= 11 is 3.25. The molecule has 1 aliphatic heterocycles. The van der Waals surface area contributed by atoms with Crippen LogP contribution in [0.5, 0.6) is 0 Å². The van der Waals surface area contributed by atoms with Crippen molar-refractivity contribution in [2.24, 2.45) is 5.16 Å². The molecule has 1 aromatic rings. The molecule has 2 rings (SSSR count). The van der Waals surface area contributed by atoms with Crippen molar-refractivity contribution < 1.29 is 9.94 Å².